The van der Waals surface area contributed by atoms with Crippen LogP contribution >= 0.6 is 0 Å². The van der Waals surface area contributed by atoms with Crippen LogP contribution in [0.4, 0.5) is 4.39 Å². The maximum Gasteiger partial charge on any atom is 0.126 e. The lowest BCUT2D eigenvalue weighted by Gasteiger charge is -2.09. The molecule has 0 spiro atoms. The second-order valence-electron chi connectivity index (χ2n) is 4.10. The van der Waals surface area contributed by atoms with Gasteiger partial charge >= 0.3 is 0 Å². The maximum atomic E-state index is 12.9. The molecule has 90 valence electrons. The number of benzene rings is 1. The molecule has 0 radical (unpaired) electrons. The molecule has 1 aromatic carbocycles. The Hall–Kier alpha value is -1.09. The van der Waals surface area contributed by atoms with Crippen molar-refractivity contribution in [3.05, 3.63) is 29.6 Å². The first-order valence-electron chi connectivity index (χ1n) is 5.66. The normalized spacial score (nSPS) is 12.5. The minimum Gasteiger partial charge on any atom is -0.493 e. The Balaban J connectivity index is 2.29. The van der Waals surface area contributed by atoms with E-state index in [1.807, 2.05) is 6.92 Å². The topological polar surface area (TPSA) is 29.5 Å². The van der Waals surface area contributed by atoms with Crippen molar-refractivity contribution in [2.24, 2.45) is 0 Å². The van der Waals surface area contributed by atoms with Gasteiger partial charge in [-0.05, 0) is 44.7 Å². The number of hydrogen-bond donors (Lipinski definition) is 1. The van der Waals surface area contributed by atoms with E-state index in [0.717, 1.165) is 24.8 Å². The van der Waals surface area contributed by atoms with Crippen LogP contribution in [0.5, 0.6) is 5.75 Å². The first-order valence-corrected chi connectivity index (χ1v) is 5.66. The van der Waals surface area contributed by atoms with E-state index in [0.29, 0.717) is 12.4 Å². The molecule has 2 nitrogen and oxygen atoms in total. The van der Waals surface area contributed by atoms with Gasteiger partial charge in [0.25, 0.3) is 0 Å². The summed E-state index contributed by atoms with van der Waals surface area (Å²) in [6.07, 6.45) is 2.33. The monoisotopic (exact) mass is 226 g/mol. The van der Waals surface area contributed by atoms with Gasteiger partial charge in [-0.2, -0.15) is 0 Å². The highest BCUT2D eigenvalue weighted by molar-refractivity contribution is 5.32. The molecule has 0 fully saturated rings. The van der Waals surface area contributed by atoms with Crippen molar-refractivity contribution in [3.63, 3.8) is 0 Å². The number of aryl methyl sites for hydroxylation is 1. The van der Waals surface area contributed by atoms with Crippen LogP contribution in [0.25, 0.3) is 0 Å². The van der Waals surface area contributed by atoms with Crippen LogP contribution in [0.15, 0.2) is 18.2 Å². The molecule has 1 rings (SSSR count). The van der Waals surface area contributed by atoms with Gasteiger partial charge < -0.3 is 9.84 Å². The highest BCUT2D eigenvalue weighted by Crippen LogP contribution is 2.19. The number of ether oxygens (including phenoxy) is 1. The van der Waals surface area contributed by atoms with Crippen molar-refractivity contribution in [3.8, 4) is 5.75 Å². The van der Waals surface area contributed by atoms with Crippen molar-refractivity contribution >= 4 is 0 Å². The lowest BCUT2D eigenvalue weighted by molar-refractivity contribution is 0.177. The summed E-state index contributed by atoms with van der Waals surface area (Å²) in [5.74, 6) is 0.335. The van der Waals surface area contributed by atoms with Gasteiger partial charge in [0.1, 0.15) is 11.6 Å². The van der Waals surface area contributed by atoms with Crippen LogP contribution in [0.2, 0.25) is 0 Å². The van der Waals surface area contributed by atoms with Gasteiger partial charge in [0.15, 0.2) is 0 Å². The van der Waals surface area contributed by atoms with Gasteiger partial charge in [0.2, 0.25) is 0 Å². The average Bonchev–Trinajstić information content (AvgIpc) is 2.22. The van der Waals surface area contributed by atoms with Crippen LogP contribution in [0.1, 0.15) is 31.7 Å². The fraction of sp³-hybridized carbons (Fsp3) is 0.538. The molecule has 0 aromatic heterocycles. The number of rotatable bonds is 6. The molecule has 3 heteroatoms. The Labute approximate surface area is 96.1 Å². The molecule has 0 aliphatic heterocycles. The highest BCUT2D eigenvalue weighted by atomic mass is 19.1. The van der Waals surface area contributed by atoms with E-state index in [-0.39, 0.29) is 11.9 Å². The zero-order valence-corrected chi connectivity index (χ0v) is 9.87. The Morgan fingerprint density at radius 1 is 1.38 bits per heavy atom. The van der Waals surface area contributed by atoms with E-state index in [1.165, 1.54) is 12.1 Å². The zero-order valence-electron chi connectivity index (χ0n) is 9.87. The standard InChI is InChI=1S/C13H19FO2/c1-10-6-7-12(14)9-13(10)16-8-4-3-5-11(2)15/h6-7,9,11,15H,3-5,8H2,1-2H3. The predicted octanol–water partition coefficient (Wildman–Crippen LogP) is 3.06. The molecular formula is C13H19FO2. The van der Waals surface area contributed by atoms with Gasteiger partial charge in [-0.1, -0.05) is 6.07 Å². The molecule has 1 aromatic rings. The summed E-state index contributed by atoms with van der Waals surface area (Å²) in [6, 6.07) is 4.54. The van der Waals surface area contributed by atoms with Gasteiger partial charge in [0, 0.05) is 6.07 Å². The Morgan fingerprint density at radius 2 is 2.12 bits per heavy atom. The molecule has 0 saturated carbocycles. The Bertz CT molecular complexity index is 324. The molecule has 0 bridgehead atoms. The molecular weight excluding hydrogens is 207 g/mol. The van der Waals surface area contributed by atoms with Gasteiger partial charge in [-0.25, -0.2) is 4.39 Å². The quantitative estimate of drug-likeness (QED) is 0.755. The SMILES string of the molecule is Cc1ccc(F)cc1OCCCCC(C)O. The summed E-state index contributed by atoms with van der Waals surface area (Å²) in [6.45, 7) is 4.24. The smallest absolute Gasteiger partial charge is 0.126 e. The summed E-state index contributed by atoms with van der Waals surface area (Å²) in [5, 5.41) is 9.06. The second-order valence-corrected chi connectivity index (χ2v) is 4.10. The number of aliphatic hydroxyl groups excluding tert-OH is 1. The summed E-state index contributed by atoms with van der Waals surface area (Å²) < 4.78 is 18.4. The van der Waals surface area contributed by atoms with Crippen LogP contribution in [0, 0.1) is 12.7 Å². The molecule has 0 saturated heterocycles. The molecule has 1 unspecified atom stereocenters. The average molecular weight is 226 g/mol. The van der Waals surface area contributed by atoms with Crippen LogP contribution in [-0.2, 0) is 0 Å². The molecule has 16 heavy (non-hydrogen) atoms. The highest BCUT2D eigenvalue weighted by Gasteiger charge is 2.01. The molecule has 0 aliphatic carbocycles. The molecule has 0 heterocycles. The second kappa shape index (κ2) is 6.48. The van der Waals surface area contributed by atoms with E-state index >= 15 is 0 Å². The van der Waals surface area contributed by atoms with E-state index < -0.39 is 0 Å². The van der Waals surface area contributed by atoms with Gasteiger partial charge in [-0.15, -0.1) is 0 Å². The van der Waals surface area contributed by atoms with Crippen molar-refractivity contribution in [1.82, 2.24) is 0 Å². The summed E-state index contributed by atoms with van der Waals surface area (Å²) >= 11 is 0. The predicted molar refractivity (Wildman–Crippen MR) is 62.2 cm³/mol. The van der Waals surface area contributed by atoms with Crippen LogP contribution in [0.3, 0.4) is 0 Å². The van der Waals surface area contributed by atoms with Crippen LogP contribution in [-0.4, -0.2) is 17.8 Å². The minimum atomic E-state index is -0.274. The zero-order chi connectivity index (χ0) is 12.0. The third-order valence-electron chi connectivity index (χ3n) is 2.42. The molecule has 0 amide bonds. The van der Waals surface area contributed by atoms with Crippen LogP contribution < -0.4 is 4.74 Å². The lowest BCUT2D eigenvalue weighted by atomic mass is 10.2. The van der Waals surface area contributed by atoms with Crippen molar-refractivity contribution < 1.29 is 14.2 Å². The van der Waals surface area contributed by atoms with E-state index in [2.05, 4.69) is 0 Å². The number of aliphatic hydroxyl groups is 1. The van der Waals surface area contributed by atoms with Crippen molar-refractivity contribution in [2.75, 3.05) is 6.61 Å². The molecule has 1 N–H and O–H groups in total. The summed E-state index contributed by atoms with van der Waals surface area (Å²) in [5.41, 5.74) is 0.942. The van der Waals surface area contributed by atoms with Gasteiger partial charge in [0.05, 0.1) is 12.7 Å². The summed E-state index contributed by atoms with van der Waals surface area (Å²) in [4.78, 5) is 0. The Kier molecular flexibility index (Phi) is 5.26. The van der Waals surface area contributed by atoms with Crippen molar-refractivity contribution in [1.29, 1.82) is 0 Å². The fourth-order valence-corrected chi connectivity index (χ4v) is 1.45. The van der Waals surface area contributed by atoms with E-state index in [9.17, 15) is 4.39 Å². The van der Waals surface area contributed by atoms with E-state index in [4.69, 9.17) is 9.84 Å². The van der Waals surface area contributed by atoms with Crippen molar-refractivity contribution in [2.45, 2.75) is 39.2 Å². The number of halogens is 1. The minimum absolute atomic E-state index is 0.254. The number of hydrogen-bond acceptors (Lipinski definition) is 2. The van der Waals surface area contributed by atoms with Gasteiger partial charge in [-0.3, -0.25) is 0 Å². The molecule has 0 aliphatic rings. The third-order valence-corrected chi connectivity index (χ3v) is 2.42. The largest absolute Gasteiger partial charge is 0.493 e. The number of unbranched alkanes of at least 4 members (excludes halogenated alkanes) is 1. The fourth-order valence-electron chi connectivity index (χ4n) is 1.45. The Morgan fingerprint density at radius 3 is 2.81 bits per heavy atom. The lowest BCUT2D eigenvalue weighted by Crippen LogP contribution is -2.03. The van der Waals surface area contributed by atoms with E-state index in [1.54, 1.807) is 13.0 Å². The first-order chi connectivity index (χ1) is 7.59. The first kappa shape index (κ1) is 13.0. The molecule has 1 atom stereocenters. The third kappa shape index (κ3) is 4.62. The summed E-state index contributed by atoms with van der Waals surface area (Å²) in [7, 11) is 0. The maximum absolute atomic E-state index is 12.9.